The van der Waals surface area contributed by atoms with Crippen LogP contribution in [0.25, 0.3) is 0 Å². The Balaban J connectivity index is 1.54. The van der Waals surface area contributed by atoms with Crippen LogP contribution in [0.3, 0.4) is 0 Å². The molecule has 0 fully saturated rings. The van der Waals surface area contributed by atoms with Crippen molar-refractivity contribution in [3.8, 4) is 11.5 Å². The summed E-state index contributed by atoms with van der Waals surface area (Å²) in [5.41, 5.74) is 2.91. The van der Waals surface area contributed by atoms with Gasteiger partial charge in [0, 0.05) is 6.54 Å². The van der Waals surface area contributed by atoms with Crippen LogP contribution in [-0.4, -0.2) is 13.2 Å². The normalized spacial score (nSPS) is 10.0. The molecule has 18 heavy (non-hydrogen) atoms. The Morgan fingerprint density at radius 3 is 2.06 bits per heavy atom. The zero-order chi connectivity index (χ0) is 12.5. The minimum atomic E-state index is 0.676. The van der Waals surface area contributed by atoms with Crippen LogP contribution in [0.5, 0.6) is 11.5 Å². The Labute approximate surface area is 107 Å². The van der Waals surface area contributed by atoms with Crippen molar-refractivity contribution >= 4 is 0 Å². The molecule has 0 aliphatic heterocycles. The first-order valence-corrected chi connectivity index (χ1v) is 6.08. The molecule has 0 aromatic heterocycles. The zero-order valence-corrected chi connectivity index (χ0v) is 10.2. The molecular formula is C15H17NO2. The molecule has 0 saturated heterocycles. The van der Waals surface area contributed by atoms with Crippen LogP contribution in [0, 0.1) is 0 Å². The maximum atomic E-state index is 5.56. The Morgan fingerprint density at radius 1 is 0.778 bits per heavy atom. The summed E-state index contributed by atoms with van der Waals surface area (Å²) < 4.78 is 5.56. The van der Waals surface area contributed by atoms with Gasteiger partial charge in [0.15, 0.2) is 0 Å². The molecule has 2 aromatic carbocycles. The molecule has 0 spiro atoms. The smallest absolute Gasteiger partial charge is 0.147 e. The summed E-state index contributed by atoms with van der Waals surface area (Å²) in [6.07, 6.45) is 0.891. The van der Waals surface area contributed by atoms with E-state index in [1.807, 2.05) is 60.7 Å². The lowest BCUT2D eigenvalue weighted by Gasteiger charge is -2.08. The molecule has 0 aliphatic rings. The predicted octanol–water partition coefficient (Wildman–Crippen LogP) is 3.04. The summed E-state index contributed by atoms with van der Waals surface area (Å²) in [5, 5.41) is 0. The minimum Gasteiger partial charge on any atom is -0.494 e. The molecule has 3 nitrogen and oxygen atoms in total. The van der Waals surface area contributed by atoms with Crippen LogP contribution in [0.4, 0.5) is 0 Å². The van der Waals surface area contributed by atoms with Crippen molar-refractivity contribution in [1.29, 1.82) is 0 Å². The summed E-state index contributed by atoms with van der Waals surface area (Å²) in [7, 11) is 0. The molecule has 0 aliphatic carbocycles. The Kier molecular flexibility index (Phi) is 5.09. The number of hydrogen-bond donors (Lipinski definition) is 1. The molecule has 0 radical (unpaired) electrons. The van der Waals surface area contributed by atoms with Gasteiger partial charge in [-0.05, 0) is 30.7 Å². The molecule has 3 heteroatoms. The monoisotopic (exact) mass is 243 g/mol. The van der Waals surface area contributed by atoms with E-state index in [0.717, 1.165) is 24.5 Å². The molecule has 2 rings (SSSR count). The van der Waals surface area contributed by atoms with E-state index in [9.17, 15) is 0 Å². The molecule has 2 aromatic rings. The van der Waals surface area contributed by atoms with Gasteiger partial charge in [0.05, 0.1) is 6.61 Å². The second kappa shape index (κ2) is 7.35. The maximum absolute atomic E-state index is 5.56. The number of para-hydroxylation sites is 2. The van der Waals surface area contributed by atoms with Crippen LogP contribution in [-0.2, 0) is 0 Å². The SMILES string of the molecule is c1ccc(OCCCNOc2ccccc2)cc1. The third kappa shape index (κ3) is 4.47. The van der Waals surface area contributed by atoms with E-state index in [4.69, 9.17) is 9.57 Å². The van der Waals surface area contributed by atoms with Crippen LogP contribution < -0.4 is 15.1 Å². The third-order valence-electron chi connectivity index (χ3n) is 2.37. The number of hydroxylamine groups is 1. The average Bonchev–Trinajstić information content (AvgIpc) is 2.45. The third-order valence-corrected chi connectivity index (χ3v) is 2.37. The van der Waals surface area contributed by atoms with Crippen molar-refractivity contribution in [2.45, 2.75) is 6.42 Å². The van der Waals surface area contributed by atoms with Gasteiger partial charge in [-0.15, -0.1) is 0 Å². The van der Waals surface area contributed by atoms with Gasteiger partial charge in [-0.1, -0.05) is 36.4 Å². The van der Waals surface area contributed by atoms with Gasteiger partial charge < -0.3 is 9.57 Å². The standard InChI is InChI=1S/C15H17NO2/c1-3-8-14(9-4-1)17-13-7-12-16-18-15-10-5-2-6-11-15/h1-6,8-11,16H,7,12-13H2. The zero-order valence-electron chi connectivity index (χ0n) is 10.2. The lowest BCUT2D eigenvalue weighted by molar-refractivity contribution is 0.184. The fourth-order valence-electron chi connectivity index (χ4n) is 1.47. The highest BCUT2D eigenvalue weighted by Gasteiger charge is 1.93. The van der Waals surface area contributed by atoms with Crippen LogP contribution in [0.1, 0.15) is 6.42 Å². The van der Waals surface area contributed by atoms with E-state index in [0.29, 0.717) is 6.61 Å². The first-order chi connectivity index (χ1) is 8.95. The molecule has 0 heterocycles. The fraction of sp³-hybridized carbons (Fsp3) is 0.200. The molecule has 0 bridgehead atoms. The van der Waals surface area contributed by atoms with E-state index in [-0.39, 0.29) is 0 Å². The van der Waals surface area contributed by atoms with E-state index in [1.165, 1.54) is 0 Å². The maximum Gasteiger partial charge on any atom is 0.147 e. The lowest BCUT2D eigenvalue weighted by atomic mass is 10.3. The Hall–Kier alpha value is -2.00. The van der Waals surface area contributed by atoms with E-state index in [1.54, 1.807) is 0 Å². The first-order valence-electron chi connectivity index (χ1n) is 6.08. The van der Waals surface area contributed by atoms with Gasteiger partial charge in [-0.25, -0.2) is 0 Å². The fourth-order valence-corrected chi connectivity index (χ4v) is 1.47. The molecule has 0 saturated carbocycles. The molecule has 94 valence electrons. The summed E-state index contributed by atoms with van der Waals surface area (Å²) in [6.45, 7) is 1.43. The number of rotatable bonds is 7. The van der Waals surface area contributed by atoms with Gasteiger partial charge in [0.2, 0.25) is 0 Å². The number of nitrogens with one attached hydrogen (secondary N) is 1. The van der Waals surface area contributed by atoms with E-state index >= 15 is 0 Å². The van der Waals surface area contributed by atoms with E-state index < -0.39 is 0 Å². The van der Waals surface area contributed by atoms with E-state index in [2.05, 4.69) is 5.48 Å². The molecule has 0 amide bonds. The second-order valence-electron chi connectivity index (χ2n) is 3.82. The van der Waals surface area contributed by atoms with Crippen molar-refractivity contribution in [2.75, 3.05) is 13.2 Å². The molecule has 1 N–H and O–H groups in total. The Morgan fingerprint density at radius 2 is 1.39 bits per heavy atom. The van der Waals surface area contributed by atoms with Gasteiger partial charge in [0.25, 0.3) is 0 Å². The molecule has 0 atom stereocenters. The molecule has 0 unspecified atom stereocenters. The minimum absolute atomic E-state index is 0.676. The second-order valence-corrected chi connectivity index (χ2v) is 3.82. The van der Waals surface area contributed by atoms with Gasteiger partial charge >= 0.3 is 0 Å². The summed E-state index contributed by atoms with van der Waals surface area (Å²) in [4.78, 5) is 5.35. The average molecular weight is 243 g/mol. The van der Waals surface area contributed by atoms with Gasteiger partial charge in [0.1, 0.15) is 11.5 Å². The largest absolute Gasteiger partial charge is 0.494 e. The number of benzene rings is 2. The summed E-state index contributed by atoms with van der Waals surface area (Å²) in [5.74, 6) is 1.72. The number of hydrogen-bond acceptors (Lipinski definition) is 3. The molecular weight excluding hydrogens is 226 g/mol. The topological polar surface area (TPSA) is 30.5 Å². The predicted molar refractivity (Wildman–Crippen MR) is 71.6 cm³/mol. The van der Waals surface area contributed by atoms with Crippen LogP contribution in [0.15, 0.2) is 60.7 Å². The van der Waals surface area contributed by atoms with Gasteiger partial charge in [-0.3, -0.25) is 0 Å². The summed E-state index contributed by atoms with van der Waals surface area (Å²) in [6, 6.07) is 19.5. The highest BCUT2D eigenvalue weighted by Crippen LogP contribution is 2.08. The van der Waals surface area contributed by atoms with Gasteiger partial charge in [-0.2, -0.15) is 5.48 Å². The summed E-state index contributed by atoms with van der Waals surface area (Å²) >= 11 is 0. The Bertz CT molecular complexity index is 387. The first kappa shape index (κ1) is 12.5. The van der Waals surface area contributed by atoms with Crippen molar-refractivity contribution in [3.05, 3.63) is 60.7 Å². The van der Waals surface area contributed by atoms with Crippen molar-refractivity contribution in [2.24, 2.45) is 0 Å². The van der Waals surface area contributed by atoms with Crippen LogP contribution >= 0.6 is 0 Å². The number of ether oxygens (including phenoxy) is 1. The highest BCUT2D eigenvalue weighted by atomic mass is 16.6. The van der Waals surface area contributed by atoms with Crippen LogP contribution in [0.2, 0.25) is 0 Å². The van der Waals surface area contributed by atoms with Crippen molar-refractivity contribution < 1.29 is 9.57 Å². The highest BCUT2D eigenvalue weighted by molar-refractivity contribution is 5.21. The van der Waals surface area contributed by atoms with Crippen molar-refractivity contribution in [1.82, 2.24) is 5.48 Å². The lowest BCUT2D eigenvalue weighted by Crippen LogP contribution is -2.21. The van der Waals surface area contributed by atoms with Crippen molar-refractivity contribution in [3.63, 3.8) is 0 Å². The quantitative estimate of drug-likeness (QED) is 0.599.